The Balaban J connectivity index is 1.62. The van der Waals surface area contributed by atoms with Crippen molar-refractivity contribution >= 4 is 11.3 Å². The van der Waals surface area contributed by atoms with Crippen LogP contribution in [0.1, 0.15) is 17.0 Å². The van der Waals surface area contributed by atoms with Crippen molar-refractivity contribution in [2.24, 2.45) is 7.05 Å². The Hall–Kier alpha value is -2.12. The fourth-order valence-corrected chi connectivity index (χ4v) is 3.01. The second-order valence-corrected chi connectivity index (χ2v) is 5.87. The SMILES string of the molecule is COc1c(CNCc2coc(-c3cccs3)n2)c(C)nn1C. The molecule has 0 saturated carbocycles. The van der Waals surface area contributed by atoms with Gasteiger partial charge in [-0.2, -0.15) is 5.10 Å². The second kappa shape index (κ2) is 6.33. The number of oxazole rings is 1. The van der Waals surface area contributed by atoms with Crippen molar-refractivity contribution in [2.45, 2.75) is 20.0 Å². The van der Waals surface area contributed by atoms with Gasteiger partial charge in [0.1, 0.15) is 6.26 Å². The first kappa shape index (κ1) is 14.8. The fraction of sp³-hybridized carbons (Fsp3) is 0.333. The van der Waals surface area contributed by atoms with E-state index < -0.39 is 0 Å². The molecule has 22 heavy (non-hydrogen) atoms. The largest absolute Gasteiger partial charge is 0.481 e. The number of methoxy groups -OCH3 is 1. The van der Waals surface area contributed by atoms with E-state index in [1.165, 1.54) is 0 Å². The Kier molecular flexibility index (Phi) is 4.26. The van der Waals surface area contributed by atoms with Crippen molar-refractivity contribution in [3.63, 3.8) is 0 Å². The lowest BCUT2D eigenvalue weighted by Crippen LogP contribution is -2.14. The number of aromatic nitrogens is 3. The summed E-state index contributed by atoms with van der Waals surface area (Å²) in [6.07, 6.45) is 1.69. The van der Waals surface area contributed by atoms with Crippen LogP contribution in [0.4, 0.5) is 0 Å². The van der Waals surface area contributed by atoms with E-state index in [9.17, 15) is 0 Å². The third kappa shape index (κ3) is 2.90. The van der Waals surface area contributed by atoms with E-state index in [2.05, 4.69) is 15.4 Å². The zero-order valence-corrected chi connectivity index (χ0v) is 13.6. The fourth-order valence-electron chi connectivity index (χ4n) is 2.36. The van der Waals surface area contributed by atoms with Gasteiger partial charge in [-0.3, -0.25) is 0 Å². The topological polar surface area (TPSA) is 65.1 Å². The molecule has 0 spiro atoms. The monoisotopic (exact) mass is 318 g/mol. The maximum atomic E-state index is 5.50. The van der Waals surface area contributed by atoms with Gasteiger partial charge in [-0.1, -0.05) is 6.07 Å². The Morgan fingerprint density at radius 2 is 2.27 bits per heavy atom. The molecule has 0 radical (unpaired) electrons. The molecule has 0 aromatic carbocycles. The van der Waals surface area contributed by atoms with Crippen LogP contribution in [0.5, 0.6) is 5.88 Å². The van der Waals surface area contributed by atoms with E-state index in [1.807, 2.05) is 31.5 Å². The lowest BCUT2D eigenvalue weighted by Gasteiger charge is -2.05. The molecule has 1 N–H and O–H groups in total. The van der Waals surface area contributed by atoms with Gasteiger partial charge in [0.2, 0.25) is 11.8 Å². The molecule has 0 fully saturated rings. The minimum atomic E-state index is 0.631. The third-order valence-electron chi connectivity index (χ3n) is 3.37. The average Bonchev–Trinajstić information content (AvgIpc) is 3.20. The molecule has 0 amide bonds. The average molecular weight is 318 g/mol. The highest BCUT2D eigenvalue weighted by atomic mass is 32.1. The van der Waals surface area contributed by atoms with Crippen LogP contribution in [-0.2, 0) is 20.1 Å². The molecule has 3 aromatic rings. The minimum Gasteiger partial charge on any atom is -0.481 e. The van der Waals surface area contributed by atoms with Crippen molar-refractivity contribution in [3.05, 3.63) is 40.7 Å². The Bertz CT molecular complexity index is 746. The number of nitrogens with one attached hydrogen (secondary N) is 1. The lowest BCUT2D eigenvalue weighted by atomic mass is 10.2. The summed E-state index contributed by atoms with van der Waals surface area (Å²) in [5.41, 5.74) is 2.90. The first-order valence-corrected chi connectivity index (χ1v) is 7.82. The number of ether oxygens (including phenoxy) is 1. The first-order valence-electron chi connectivity index (χ1n) is 6.94. The van der Waals surface area contributed by atoms with Crippen LogP contribution in [-0.4, -0.2) is 21.9 Å². The van der Waals surface area contributed by atoms with Crippen LogP contribution in [0.25, 0.3) is 10.8 Å². The molecule has 0 unspecified atom stereocenters. The molecule has 0 bridgehead atoms. The quantitative estimate of drug-likeness (QED) is 0.757. The van der Waals surface area contributed by atoms with Crippen molar-refractivity contribution < 1.29 is 9.15 Å². The predicted octanol–water partition coefficient (Wildman–Crippen LogP) is 2.74. The van der Waals surface area contributed by atoms with E-state index >= 15 is 0 Å². The highest BCUT2D eigenvalue weighted by Gasteiger charge is 2.13. The van der Waals surface area contributed by atoms with Gasteiger partial charge in [0, 0.05) is 20.1 Å². The zero-order valence-electron chi connectivity index (χ0n) is 12.8. The Morgan fingerprint density at radius 3 is 3.00 bits per heavy atom. The highest BCUT2D eigenvalue weighted by Crippen LogP contribution is 2.24. The van der Waals surface area contributed by atoms with Crippen LogP contribution >= 0.6 is 11.3 Å². The highest BCUT2D eigenvalue weighted by molar-refractivity contribution is 7.13. The molecule has 3 rings (SSSR count). The number of hydrogen-bond donors (Lipinski definition) is 1. The van der Waals surface area contributed by atoms with Crippen molar-refractivity contribution in [1.82, 2.24) is 20.1 Å². The van der Waals surface area contributed by atoms with E-state index in [0.717, 1.165) is 27.7 Å². The van der Waals surface area contributed by atoms with Gasteiger partial charge >= 0.3 is 0 Å². The van der Waals surface area contributed by atoms with Gasteiger partial charge in [0.25, 0.3) is 0 Å². The van der Waals surface area contributed by atoms with Gasteiger partial charge in [-0.15, -0.1) is 11.3 Å². The first-order chi connectivity index (χ1) is 10.7. The second-order valence-electron chi connectivity index (χ2n) is 4.92. The molecule has 116 valence electrons. The number of nitrogens with zero attached hydrogens (tertiary/aromatic N) is 3. The number of thiophene rings is 1. The predicted molar refractivity (Wildman–Crippen MR) is 84.9 cm³/mol. The molecule has 3 aromatic heterocycles. The van der Waals surface area contributed by atoms with Gasteiger partial charge in [-0.25, -0.2) is 9.67 Å². The molecular formula is C15H18N4O2S. The summed E-state index contributed by atoms with van der Waals surface area (Å²) in [5.74, 6) is 1.45. The molecule has 7 heteroatoms. The lowest BCUT2D eigenvalue weighted by molar-refractivity contribution is 0.368. The van der Waals surface area contributed by atoms with E-state index in [1.54, 1.807) is 29.4 Å². The van der Waals surface area contributed by atoms with Crippen molar-refractivity contribution in [1.29, 1.82) is 0 Å². The van der Waals surface area contributed by atoms with Crippen LogP contribution in [0, 0.1) is 6.92 Å². The number of hydrogen-bond acceptors (Lipinski definition) is 6. The summed E-state index contributed by atoms with van der Waals surface area (Å²) < 4.78 is 12.6. The minimum absolute atomic E-state index is 0.631. The van der Waals surface area contributed by atoms with Crippen LogP contribution in [0.3, 0.4) is 0 Å². The Morgan fingerprint density at radius 1 is 1.41 bits per heavy atom. The van der Waals surface area contributed by atoms with Crippen LogP contribution in [0.15, 0.2) is 28.2 Å². The zero-order chi connectivity index (χ0) is 15.5. The van der Waals surface area contributed by atoms with Gasteiger partial charge in [0.15, 0.2) is 0 Å². The number of aryl methyl sites for hydroxylation is 2. The molecule has 0 atom stereocenters. The maximum absolute atomic E-state index is 5.50. The summed E-state index contributed by atoms with van der Waals surface area (Å²) in [4.78, 5) is 5.52. The normalized spacial score (nSPS) is 11.0. The van der Waals surface area contributed by atoms with E-state index in [0.29, 0.717) is 19.0 Å². The van der Waals surface area contributed by atoms with Gasteiger partial charge in [0.05, 0.1) is 28.9 Å². The van der Waals surface area contributed by atoms with Crippen LogP contribution < -0.4 is 10.1 Å². The maximum Gasteiger partial charge on any atom is 0.236 e. The summed E-state index contributed by atoms with van der Waals surface area (Å²) in [5, 5.41) is 9.73. The van der Waals surface area contributed by atoms with E-state index in [4.69, 9.17) is 9.15 Å². The summed E-state index contributed by atoms with van der Waals surface area (Å²) >= 11 is 1.62. The number of rotatable bonds is 6. The molecule has 0 aliphatic heterocycles. The third-order valence-corrected chi connectivity index (χ3v) is 4.23. The standard InChI is InChI=1S/C15H18N4O2S/c1-10-12(15(20-3)19(2)18-10)8-16-7-11-9-21-14(17-11)13-5-4-6-22-13/h4-6,9,16H,7-8H2,1-3H3. The summed E-state index contributed by atoms with van der Waals surface area (Å²) in [6.45, 7) is 3.28. The van der Waals surface area contributed by atoms with Crippen molar-refractivity contribution in [2.75, 3.05) is 7.11 Å². The van der Waals surface area contributed by atoms with Crippen molar-refractivity contribution in [3.8, 4) is 16.6 Å². The van der Waals surface area contributed by atoms with E-state index in [-0.39, 0.29) is 0 Å². The van der Waals surface area contributed by atoms with Crippen LogP contribution in [0.2, 0.25) is 0 Å². The molecule has 0 saturated heterocycles. The summed E-state index contributed by atoms with van der Waals surface area (Å²) in [7, 11) is 3.53. The van der Waals surface area contributed by atoms with Gasteiger partial charge < -0.3 is 14.5 Å². The molecule has 0 aliphatic rings. The molecule has 6 nitrogen and oxygen atoms in total. The molecular weight excluding hydrogens is 300 g/mol. The van der Waals surface area contributed by atoms with Gasteiger partial charge in [-0.05, 0) is 18.4 Å². The molecule has 3 heterocycles. The summed E-state index contributed by atoms with van der Waals surface area (Å²) in [6, 6.07) is 3.98. The Labute approximate surface area is 132 Å². The smallest absolute Gasteiger partial charge is 0.236 e. The molecule has 0 aliphatic carbocycles.